The van der Waals surface area contributed by atoms with Crippen LogP contribution in [0.25, 0.3) is 0 Å². The molecule has 0 aliphatic carbocycles. The largest absolute Gasteiger partial charge is 0.369 e. The highest BCUT2D eigenvalue weighted by Crippen LogP contribution is 2.39. The van der Waals surface area contributed by atoms with E-state index in [1.54, 1.807) is 27.7 Å². The summed E-state index contributed by atoms with van der Waals surface area (Å²) >= 11 is 0. The van der Waals surface area contributed by atoms with E-state index < -0.39 is 28.4 Å². The molecule has 0 bridgehead atoms. The molecule has 0 heterocycles. The fourth-order valence-corrected chi connectivity index (χ4v) is 2.52. The molecule has 0 aromatic carbocycles. The van der Waals surface area contributed by atoms with E-state index in [1.807, 2.05) is 0 Å². The first-order valence-electron chi connectivity index (χ1n) is 6.43. The van der Waals surface area contributed by atoms with Crippen molar-refractivity contribution in [2.75, 3.05) is 0 Å². The molecule has 0 rings (SSSR count). The molecule has 0 aliphatic rings. The van der Waals surface area contributed by atoms with Gasteiger partial charge in [0.2, 0.25) is 11.8 Å². The molecule has 18 heavy (non-hydrogen) atoms. The highest BCUT2D eigenvalue weighted by molar-refractivity contribution is 6.16. The molecule has 0 aromatic heterocycles. The van der Waals surface area contributed by atoms with Crippen molar-refractivity contribution in [3.05, 3.63) is 0 Å². The SMILES string of the molecule is CCC(CC)(C(N)=O)C(=O)C(CC)(CC)C(N)=O. The van der Waals surface area contributed by atoms with Crippen LogP contribution in [-0.2, 0) is 14.4 Å². The zero-order valence-corrected chi connectivity index (χ0v) is 11.7. The monoisotopic (exact) mass is 256 g/mol. The van der Waals surface area contributed by atoms with Crippen LogP contribution in [-0.4, -0.2) is 17.6 Å². The minimum Gasteiger partial charge on any atom is -0.369 e. The molecule has 0 fully saturated rings. The van der Waals surface area contributed by atoms with Gasteiger partial charge in [-0.2, -0.15) is 0 Å². The molecule has 2 amide bonds. The van der Waals surface area contributed by atoms with E-state index in [4.69, 9.17) is 11.5 Å². The second kappa shape index (κ2) is 5.98. The molecule has 4 N–H and O–H groups in total. The molecule has 5 heteroatoms. The van der Waals surface area contributed by atoms with Crippen molar-refractivity contribution in [3.8, 4) is 0 Å². The van der Waals surface area contributed by atoms with Gasteiger partial charge in [-0.1, -0.05) is 27.7 Å². The summed E-state index contributed by atoms with van der Waals surface area (Å²) in [5, 5.41) is 0. The van der Waals surface area contributed by atoms with Gasteiger partial charge in [-0.3, -0.25) is 14.4 Å². The van der Waals surface area contributed by atoms with Crippen molar-refractivity contribution in [1.29, 1.82) is 0 Å². The standard InChI is InChI=1S/C13H24N2O3/c1-5-12(6-2,10(14)17)9(16)13(7-3,8-4)11(15)18/h5-8H2,1-4H3,(H2,14,17)(H2,15,18). The first-order chi connectivity index (χ1) is 8.28. The van der Waals surface area contributed by atoms with Crippen LogP contribution >= 0.6 is 0 Å². The van der Waals surface area contributed by atoms with Crippen molar-refractivity contribution < 1.29 is 14.4 Å². The lowest BCUT2D eigenvalue weighted by atomic mass is 9.64. The minimum absolute atomic E-state index is 0.284. The van der Waals surface area contributed by atoms with Gasteiger partial charge in [-0.15, -0.1) is 0 Å². The molecular formula is C13H24N2O3. The summed E-state index contributed by atoms with van der Waals surface area (Å²) in [7, 11) is 0. The third-order valence-corrected chi connectivity index (χ3v) is 4.23. The number of amides is 2. The second-order valence-corrected chi connectivity index (χ2v) is 4.64. The van der Waals surface area contributed by atoms with Crippen molar-refractivity contribution in [2.24, 2.45) is 22.3 Å². The van der Waals surface area contributed by atoms with Gasteiger partial charge in [0, 0.05) is 0 Å². The van der Waals surface area contributed by atoms with E-state index in [9.17, 15) is 14.4 Å². The maximum absolute atomic E-state index is 12.7. The summed E-state index contributed by atoms with van der Waals surface area (Å²) in [6.07, 6.45) is 1.14. The molecular weight excluding hydrogens is 232 g/mol. The van der Waals surface area contributed by atoms with Crippen LogP contribution in [0.2, 0.25) is 0 Å². The van der Waals surface area contributed by atoms with E-state index in [2.05, 4.69) is 0 Å². The van der Waals surface area contributed by atoms with Gasteiger partial charge in [0.05, 0.1) is 0 Å². The maximum atomic E-state index is 12.7. The lowest BCUT2D eigenvalue weighted by Crippen LogP contribution is -2.54. The van der Waals surface area contributed by atoms with Gasteiger partial charge in [0.1, 0.15) is 10.8 Å². The number of carbonyl (C=O) groups excluding carboxylic acids is 3. The fraction of sp³-hybridized carbons (Fsp3) is 0.769. The molecule has 104 valence electrons. The van der Waals surface area contributed by atoms with Crippen LogP contribution in [0.4, 0.5) is 0 Å². The normalized spacial score (nSPS) is 12.2. The zero-order valence-electron chi connectivity index (χ0n) is 11.7. The lowest BCUT2D eigenvalue weighted by Gasteiger charge is -2.36. The molecule has 0 aromatic rings. The average Bonchev–Trinajstić information content (AvgIpc) is 2.32. The van der Waals surface area contributed by atoms with Gasteiger partial charge in [0.15, 0.2) is 5.78 Å². The van der Waals surface area contributed by atoms with E-state index >= 15 is 0 Å². The summed E-state index contributed by atoms with van der Waals surface area (Å²) in [4.78, 5) is 36.0. The van der Waals surface area contributed by atoms with Gasteiger partial charge in [-0.25, -0.2) is 0 Å². The van der Waals surface area contributed by atoms with Crippen LogP contribution in [0.1, 0.15) is 53.4 Å². The molecule has 0 radical (unpaired) electrons. The van der Waals surface area contributed by atoms with E-state index in [1.165, 1.54) is 0 Å². The Morgan fingerprint density at radius 1 is 0.722 bits per heavy atom. The Morgan fingerprint density at radius 3 is 1.06 bits per heavy atom. The van der Waals surface area contributed by atoms with Crippen LogP contribution in [0.3, 0.4) is 0 Å². The Balaban J connectivity index is 5.83. The number of primary amides is 2. The Bertz CT molecular complexity index is 310. The van der Waals surface area contributed by atoms with E-state index in [-0.39, 0.29) is 25.7 Å². The van der Waals surface area contributed by atoms with Crippen LogP contribution in [0.5, 0.6) is 0 Å². The number of rotatable bonds is 8. The average molecular weight is 256 g/mol. The number of ketones is 1. The topological polar surface area (TPSA) is 103 Å². The fourth-order valence-electron chi connectivity index (χ4n) is 2.52. The Labute approximate surface area is 108 Å². The third-order valence-electron chi connectivity index (χ3n) is 4.23. The van der Waals surface area contributed by atoms with Crippen molar-refractivity contribution in [3.63, 3.8) is 0 Å². The number of carbonyl (C=O) groups is 3. The Hall–Kier alpha value is -1.39. The second-order valence-electron chi connectivity index (χ2n) is 4.64. The summed E-state index contributed by atoms with van der Waals surface area (Å²) < 4.78 is 0. The van der Waals surface area contributed by atoms with Gasteiger partial charge >= 0.3 is 0 Å². The Morgan fingerprint density at radius 2 is 0.944 bits per heavy atom. The summed E-state index contributed by atoms with van der Waals surface area (Å²) in [5.41, 5.74) is 8.19. The quantitative estimate of drug-likeness (QED) is 0.636. The lowest BCUT2D eigenvalue weighted by molar-refractivity contribution is -0.152. The molecule has 0 aliphatic heterocycles. The first kappa shape index (κ1) is 16.6. The maximum Gasteiger partial charge on any atom is 0.231 e. The number of hydrogen-bond acceptors (Lipinski definition) is 3. The number of nitrogens with two attached hydrogens (primary N) is 2. The minimum atomic E-state index is -1.29. The van der Waals surface area contributed by atoms with Crippen molar-refractivity contribution >= 4 is 17.6 Å². The molecule has 0 saturated carbocycles. The molecule has 0 saturated heterocycles. The van der Waals surface area contributed by atoms with Gasteiger partial charge in [0.25, 0.3) is 0 Å². The summed E-state index contributed by atoms with van der Waals surface area (Å²) in [5.74, 6) is -1.78. The predicted octanol–water partition coefficient (Wildman–Crippen LogP) is 1.14. The summed E-state index contributed by atoms with van der Waals surface area (Å²) in [6, 6.07) is 0. The van der Waals surface area contributed by atoms with Crippen LogP contribution in [0.15, 0.2) is 0 Å². The van der Waals surface area contributed by atoms with Crippen molar-refractivity contribution in [1.82, 2.24) is 0 Å². The number of Topliss-reactive ketones (excluding diaryl/α,β-unsaturated/α-hetero) is 1. The summed E-state index contributed by atoms with van der Waals surface area (Å²) in [6.45, 7) is 6.90. The van der Waals surface area contributed by atoms with E-state index in [0.717, 1.165) is 0 Å². The Kier molecular flexibility index (Phi) is 5.52. The highest BCUT2D eigenvalue weighted by atomic mass is 16.2. The van der Waals surface area contributed by atoms with E-state index in [0.29, 0.717) is 0 Å². The molecule has 0 spiro atoms. The zero-order chi connectivity index (χ0) is 14.6. The smallest absolute Gasteiger partial charge is 0.231 e. The van der Waals surface area contributed by atoms with Gasteiger partial charge in [-0.05, 0) is 25.7 Å². The molecule has 5 nitrogen and oxygen atoms in total. The van der Waals surface area contributed by atoms with Crippen molar-refractivity contribution in [2.45, 2.75) is 53.4 Å². The molecule has 0 unspecified atom stereocenters. The third kappa shape index (κ3) is 2.26. The predicted molar refractivity (Wildman–Crippen MR) is 69.4 cm³/mol. The first-order valence-corrected chi connectivity index (χ1v) is 6.43. The molecule has 0 atom stereocenters. The van der Waals surface area contributed by atoms with Crippen LogP contribution < -0.4 is 11.5 Å². The van der Waals surface area contributed by atoms with Gasteiger partial charge < -0.3 is 11.5 Å². The number of hydrogen-bond donors (Lipinski definition) is 2. The van der Waals surface area contributed by atoms with Crippen LogP contribution in [0, 0.1) is 10.8 Å². The highest BCUT2D eigenvalue weighted by Gasteiger charge is 2.53.